The first-order valence-electron chi connectivity index (χ1n) is 6.27. The second kappa shape index (κ2) is 3.03. The summed E-state index contributed by atoms with van der Waals surface area (Å²) >= 11 is 0. The van der Waals surface area contributed by atoms with Gasteiger partial charge in [0.05, 0.1) is 18.0 Å². The van der Waals surface area contributed by atoms with E-state index in [1.165, 1.54) is 11.1 Å². The lowest BCUT2D eigenvalue weighted by atomic mass is 10.1. The fourth-order valence-corrected chi connectivity index (χ4v) is 2.97. The molecule has 0 saturated carbocycles. The lowest BCUT2D eigenvalue weighted by Gasteiger charge is -1.91. The predicted molar refractivity (Wildman–Crippen MR) is 69.7 cm³/mol. The highest BCUT2D eigenvalue weighted by atomic mass is 16.4. The first-order valence-corrected chi connectivity index (χ1v) is 6.27. The number of rotatable bonds is 0. The van der Waals surface area contributed by atoms with Gasteiger partial charge in [0.2, 0.25) is 5.58 Å². The van der Waals surface area contributed by atoms with Crippen LogP contribution in [0, 0.1) is 0 Å². The summed E-state index contributed by atoms with van der Waals surface area (Å²) in [7, 11) is 0. The average Bonchev–Trinajstić information content (AvgIpc) is 3.05. The van der Waals surface area contributed by atoms with Crippen molar-refractivity contribution in [2.45, 2.75) is 6.54 Å². The molecular weight excluding hydrogens is 238 g/mol. The Bertz CT molecular complexity index is 949. The van der Waals surface area contributed by atoms with Crippen LogP contribution in [0.2, 0.25) is 0 Å². The number of hydrogen-bond donors (Lipinski definition) is 0. The quantitative estimate of drug-likeness (QED) is 0.394. The Labute approximate surface area is 108 Å². The molecule has 0 N–H and O–H groups in total. The van der Waals surface area contributed by atoms with Crippen molar-refractivity contribution >= 4 is 16.7 Å². The van der Waals surface area contributed by atoms with Crippen LogP contribution in [0.1, 0.15) is 5.56 Å². The molecular formula is C15H10N3O+. The minimum atomic E-state index is 0.868. The van der Waals surface area contributed by atoms with Crippen LogP contribution < -0.4 is 4.57 Å². The van der Waals surface area contributed by atoms with E-state index in [1.54, 1.807) is 6.20 Å². The number of oxazole rings is 1. The van der Waals surface area contributed by atoms with Crippen LogP contribution in [-0.2, 0) is 6.54 Å². The lowest BCUT2D eigenvalue weighted by Crippen LogP contribution is -2.31. The molecule has 90 valence electrons. The molecule has 0 bridgehead atoms. The zero-order chi connectivity index (χ0) is 12.4. The SMILES string of the molecule is c1ccc2c(c1)C[n+]1c-2oc2cc3cnccn3c21. The van der Waals surface area contributed by atoms with E-state index in [-0.39, 0.29) is 0 Å². The monoisotopic (exact) mass is 248 g/mol. The largest absolute Gasteiger partial charge is 0.414 e. The van der Waals surface area contributed by atoms with E-state index in [2.05, 4.69) is 38.2 Å². The number of benzene rings is 1. The predicted octanol–water partition coefficient (Wildman–Crippen LogP) is 2.40. The molecule has 0 fully saturated rings. The molecule has 0 saturated heterocycles. The summed E-state index contributed by atoms with van der Waals surface area (Å²) in [6.07, 6.45) is 5.63. The molecule has 4 heteroatoms. The van der Waals surface area contributed by atoms with Gasteiger partial charge in [0.1, 0.15) is 12.7 Å². The summed E-state index contributed by atoms with van der Waals surface area (Å²) in [5, 5.41) is 0. The molecule has 5 rings (SSSR count). The van der Waals surface area contributed by atoms with Crippen molar-refractivity contribution in [2.75, 3.05) is 0 Å². The van der Waals surface area contributed by atoms with Gasteiger partial charge in [0.25, 0.3) is 5.89 Å². The van der Waals surface area contributed by atoms with Crippen LogP contribution in [0.15, 0.2) is 53.3 Å². The Hall–Kier alpha value is -2.62. The molecule has 4 aromatic rings. The smallest absolute Gasteiger partial charge is 0.333 e. The summed E-state index contributed by atoms with van der Waals surface area (Å²) in [6.45, 7) is 0.868. The Morgan fingerprint density at radius 2 is 2.21 bits per heavy atom. The van der Waals surface area contributed by atoms with Gasteiger partial charge in [-0.15, -0.1) is 0 Å². The maximum absolute atomic E-state index is 6.04. The van der Waals surface area contributed by atoms with Gasteiger partial charge in [-0.25, -0.2) is 0 Å². The van der Waals surface area contributed by atoms with Gasteiger partial charge in [-0.05, 0) is 6.07 Å². The van der Waals surface area contributed by atoms with Gasteiger partial charge < -0.3 is 4.42 Å². The fraction of sp³-hybridized carbons (Fsp3) is 0.0667. The molecule has 1 aliphatic rings. The van der Waals surface area contributed by atoms with Crippen molar-refractivity contribution in [3.05, 3.63) is 54.5 Å². The highest BCUT2D eigenvalue weighted by Gasteiger charge is 2.32. The molecule has 0 unspecified atom stereocenters. The Kier molecular flexibility index (Phi) is 1.49. The third-order valence-electron chi connectivity index (χ3n) is 3.80. The van der Waals surface area contributed by atoms with Gasteiger partial charge in [0.15, 0.2) is 5.52 Å². The number of aromatic nitrogens is 3. The van der Waals surface area contributed by atoms with Crippen LogP contribution in [0.3, 0.4) is 0 Å². The summed E-state index contributed by atoms with van der Waals surface area (Å²) in [6, 6.07) is 10.4. The van der Waals surface area contributed by atoms with E-state index in [0.717, 1.165) is 29.2 Å². The third-order valence-corrected chi connectivity index (χ3v) is 3.80. The van der Waals surface area contributed by atoms with Gasteiger partial charge in [-0.1, -0.05) is 18.2 Å². The Morgan fingerprint density at radius 1 is 1.26 bits per heavy atom. The van der Waals surface area contributed by atoms with E-state index in [0.29, 0.717) is 0 Å². The second-order valence-electron chi connectivity index (χ2n) is 4.85. The van der Waals surface area contributed by atoms with E-state index < -0.39 is 0 Å². The van der Waals surface area contributed by atoms with Crippen LogP contribution in [0.25, 0.3) is 28.2 Å². The summed E-state index contributed by atoms with van der Waals surface area (Å²) in [5.41, 5.74) is 5.58. The molecule has 19 heavy (non-hydrogen) atoms. The topological polar surface area (TPSA) is 34.3 Å². The summed E-state index contributed by atoms with van der Waals surface area (Å²) < 4.78 is 10.4. The first-order chi connectivity index (χ1) is 9.42. The zero-order valence-electron chi connectivity index (χ0n) is 10.1. The maximum atomic E-state index is 6.04. The van der Waals surface area contributed by atoms with E-state index in [4.69, 9.17) is 4.42 Å². The molecule has 0 spiro atoms. The normalized spacial score (nSPS) is 13.1. The van der Waals surface area contributed by atoms with Gasteiger partial charge in [-0.3, -0.25) is 4.98 Å². The zero-order valence-corrected chi connectivity index (χ0v) is 10.1. The van der Waals surface area contributed by atoms with Crippen LogP contribution >= 0.6 is 0 Å². The van der Waals surface area contributed by atoms with Crippen molar-refractivity contribution in [3.8, 4) is 11.5 Å². The first kappa shape index (κ1) is 9.33. The molecule has 0 atom stereocenters. The van der Waals surface area contributed by atoms with Gasteiger partial charge >= 0.3 is 5.65 Å². The Morgan fingerprint density at radius 3 is 3.21 bits per heavy atom. The second-order valence-corrected chi connectivity index (χ2v) is 4.85. The van der Waals surface area contributed by atoms with Crippen LogP contribution in [0.5, 0.6) is 0 Å². The van der Waals surface area contributed by atoms with Crippen molar-refractivity contribution in [3.63, 3.8) is 0 Å². The van der Waals surface area contributed by atoms with Crippen LogP contribution in [-0.4, -0.2) is 9.38 Å². The summed E-state index contributed by atoms with van der Waals surface area (Å²) in [4.78, 5) is 4.15. The van der Waals surface area contributed by atoms with Crippen molar-refractivity contribution in [1.29, 1.82) is 0 Å². The van der Waals surface area contributed by atoms with Gasteiger partial charge in [0, 0.05) is 11.6 Å². The molecule has 4 heterocycles. The highest BCUT2D eigenvalue weighted by molar-refractivity contribution is 5.78. The number of nitrogens with zero attached hydrogens (tertiary/aromatic N) is 3. The van der Waals surface area contributed by atoms with Crippen molar-refractivity contribution in [1.82, 2.24) is 9.38 Å². The molecule has 4 nitrogen and oxygen atoms in total. The van der Waals surface area contributed by atoms with Gasteiger partial charge in [-0.2, -0.15) is 8.97 Å². The standard InChI is InChI=1S/C15H10N3O/c1-2-4-12-10(3-1)9-18-14-13(19-15(12)18)7-11-8-16-5-6-17(11)14/h1-8H,9H2/q+1. The molecule has 0 amide bonds. The number of hydrogen-bond acceptors (Lipinski definition) is 2. The Balaban J connectivity index is 1.94. The molecule has 0 aliphatic carbocycles. The minimum absolute atomic E-state index is 0.868. The summed E-state index contributed by atoms with van der Waals surface area (Å²) in [5.74, 6) is 0.951. The average molecular weight is 248 g/mol. The van der Waals surface area contributed by atoms with E-state index in [9.17, 15) is 0 Å². The number of fused-ring (bicyclic) bond motifs is 7. The molecule has 1 aliphatic heterocycles. The molecule has 0 radical (unpaired) electrons. The molecule has 1 aromatic carbocycles. The van der Waals surface area contributed by atoms with Crippen molar-refractivity contribution < 1.29 is 8.98 Å². The third kappa shape index (κ3) is 1.04. The molecule has 3 aromatic heterocycles. The maximum Gasteiger partial charge on any atom is 0.333 e. The van der Waals surface area contributed by atoms with E-state index >= 15 is 0 Å². The van der Waals surface area contributed by atoms with Crippen molar-refractivity contribution in [2.24, 2.45) is 0 Å². The van der Waals surface area contributed by atoms with Crippen LogP contribution in [0.4, 0.5) is 0 Å². The highest BCUT2D eigenvalue weighted by Crippen LogP contribution is 2.31. The minimum Gasteiger partial charge on any atom is -0.414 e. The fourth-order valence-electron chi connectivity index (χ4n) is 2.97. The van der Waals surface area contributed by atoms with E-state index in [1.807, 2.05) is 18.5 Å². The lowest BCUT2D eigenvalue weighted by molar-refractivity contribution is -0.651.